The van der Waals surface area contributed by atoms with Gasteiger partial charge in [-0.3, -0.25) is 4.79 Å². The van der Waals surface area contributed by atoms with Gasteiger partial charge in [-0.15, -0.1) is 11.3 Å². The minimum Gasteiger partial charge on any atom is -0.450 e. The number of amides is 1. The van der Waals surface area contributed by atoms with E-state index in [-0.39, 0.29) is 12.1 Å². The molecule has 0 spiro atoms. The molecule has 0 saturated heterocycles. The number of fused-ring (bicyclic) bond motifs is 3. The summed E-state index contributed by atoms with van der Waals surface area (Å²) in [5, 5.41) is 7.32. The summed E-state index contributed by atoms with van der Waals surface area (Å²) in [6, 6.07) is 3.68. The predicted molar refractivity (Wildman–Crippen MR) is 84.6 cm³/mol. The topological polar surface area (TPSA) is 57.5 Å². The Morgan fingerprint density at radius 2 is 2.29 bits per heavy atom. The van der Waals surface area contributed by atoms with E-state index in [4.69, 9.17) is 4.42 Å². The lowest BCUT2D eigenvalue weighted by atomic mass is 10.0. The maximum Gasteiger partial charge on any atom is 0.256 e. The number of anilines is 1. The second-order valence-electron chi connectivity index (χ2n) is 5.39. The summed E-state index contributed by atoms with van der Waals surface area (Å²) in [5.41, 5.74) is 2.03. The maximum atomic E-state index is 12.5. The molecule has 2 aliphatic rings. The molecule has 21 heavy (non-hydrogen) atoms. The van der Waals surface area contributed by atoms with Crippen LogP contribution in [0.2, 0.25) is 0 Å². The minimum absolute atomic E-state index is 0.0108. The van der Waals surface area contributed by atoms with E-state index in [1.165, 1.54) is 10.4 Å². The molecule has 0 fully saturated rings. The largest absolute Gasteiger partial charge is 0.450 e. The highest BCUT2D eigenvalue weighted by atomic mass is 79.9. The number of halogens is 1. The van der Waals surface area contributed by atoms with E-state index in [9.17, 15) is 4.79 Å². The van der Waals surface area contributed by atoms with E-state index in [2.05, 4.69) is 38.5 Å². The van der Waals surface area contributed by atoms with Crippen molar-refractivity contribution in [3.63, 3.8) is 0 Å². The van der Waals surface area contributed by atoms with Crippen molar-refractivity contribution in [1.82, 2.24) is 10.2 Å². The average Bonchev–Trinajstić information content (AvgIpc) is 3.01. The Balaban J connectivity index is 1.71. The summed E-state index contributed by atoms with van der Waals surface area (Å²) in [6.07, 6.45) is 0.623. The van der Waals surface area contributed by atoms with Gasteiger partial charge in [0.1, 0.15) is 10.8 Å². The smallest absolute Gasteiger partial charge is 0.256 e. The normalized spacial score (nSPS) is 21.4. The zero-order valence-corrected chi connectivity index (χ0v) is 13.8. The molecule has 2 aromatic heterocycles. The van der Waals surface area contributed by atoms with Crippen molar-refractivity contribution < 1.29 is 9.21 Å². The van der Waals surface area contributed by atoms with Gasteiger partial charge < -0.3 is 20.0 Å². The van der Waals surface area contributed by atoms with Gasteiger partial charge in [0.05, 0.1) is 5.56 Å². The highest BCUT2D eigenvalue weighted by molar-refractivity contribution is 9.10. The fourth-order valence-electron chi connectivity index (χ4n) is 2.87. The Kier molecular flexibility index (Phi) is 3.09. The fourth-order valence-corrected chi connectivity index (χ4v) is 4.54. The molecular formula is C14H14BrN3O2S. The lowest BCUT2D eigenvalue weighted by molar-refractivity contribution is 0.0930. The van der Waals surface area contributed by atoms with Crippen LogP contribution in [0.1, 0.15) is 32.7 Å². The molecule has 2 aliphatic heterocycles. The van der Waals surface area contributed by atoms with E-state index < -0.39 is 0 Å². The third-order valence-corrected chi connectivity index (χ3v) is 5.48. The maximum absolute atomic E-state index is 12.5. The summed E-state index contributed by atoms with van der Waals surface area (Å²) in [7, 11) is 2.11. The molecule has 4 heterocycles. The number of hydrogen-bond donors (Lipinski definition) is 2. The van der Waals surface area contributed by atoms with Crippen LogP contribution in [0.5, 0.6) is 0 Å². The zero-order valence-electron chi connectivity index (χ0n) is 11.4. The van der Waals surface area contributed by atoms with E-state index in [0.29, 0.717) is 10.4 Å². The van der Waals surface area contributed by atoms with Gasteiger partial charge in [-0.1, -0.05) is 0 Å². The van der Waals surface area contributed by atoms with Gasteiger partial charge in [0.2, 0.25) is 0 Å². The first-order valence-electron chi connectivity index (χ1n) is 6.77. The number of hydrogen-bond acceptors (Lipinski definition) is 5. The van der Waals surface area contributed by atoms with Crippen molar-refractivity contribution in [3.8, 4) is 0 Å². The number of carbonyl (C=O) groups is 1. The monoisotopic (exact) mass is 367 g/mol. The fraction of sp³-hybridized carbons (Fsp3) is 0.357. The first-order valence-corrected chi connectivity index (χ1v) is 8.38. The predicted octanol–water partition coefficient (Wildman–Crippen LogP) is 2.95. The van der Waals surface area contributed by atoms with Crippen LogP contribution < -0.4 is 10.6 Å². The van der Waals surface area contributed by atoms with Crippen LogP contribution in [0.3, 0.4) is 0 Å². The first-order chi connectivity index (χ1) is 10.1. The van der Waals surface area contributed by atoms with Gasteiger partial charge in [0.15, 0.2) is 10.8 Å². The lowest BCUT2D eigenvalue weighted by Crippen LogP contribution is -2.38. The minimum atomic E-state index is -0.311. The van der Waals surface area contributed by atoms with Gasteiger partial charge in [-0.05, 0) is 47.1 Å². The van der Waals surface area contributed by atoms with Crippen LogP contribution in [-0.2, 0) is 13.0 Å². The summed E-state index contributed by atoms with van der Waals surface area (Å²) in [6.45, 7) is 1.91. The number of carbonyl (C=O) groups excluding carboxylic acids is 1. The number of furan rings is 1. The van der Waals surface area contributed by atoms with Crippen molar-refractivity contribution in [2.45, 2.75) is 19.1 Å². The number of rotatable bonds is 1. The highest BCUT2D eigenvalue weighted by Crippen LogP contribution is 2.40. The van der Waals surface area contributed by atoms with Crippen molar-refractivity contribution in [1.29, 1.82) is 0 Å². The molecule has 1 atom stereocenters. The molecule has 4 rings (SSSR count). The molecule has 0 radical (unpaired) electrons. The molecule has 0 unspecified atom stereocenters. The Bertz CT molecular complexity index is 724. The van der Waals surface area contributed by atoms with E-state index in [1.807, 2.05) is 12.1 Å². The quantitative estimate of drug-likeness (QED) is 0.813. The highest BCUT2D eigenvalue weighted by Gasteiger charge is 2.33. The number of thiophene rings is 1. The van der Waals surface area contributed by atoms with Crippen LogP contribution >= 0.6 is 27.3 Å². The molecule has 0 bridgehead atoms. The molecule has 2 aromatic rings. The molecule has 5 nitrogen and oxygen atoms in total. The first kappa shape index (κ1) is 13.4. The number of nitrogens with zero attached hydrogens (tertiary/aromatic N) is 1. The number of nitrogens with one attached hydrogen (secondary N) is 2. The van der Waals surface area contributed by atoms with Gasteiger partial charge in [-0.25, -0.2) is 0 Å². The van der Waals surface area contributed by atoms with Crippen LogP contribution in [0.4, 0.5) is 5.00 Å². The number of likely N-dealkylation sites (N-methyl/N-ethyl adjacent to an activating group) is 1. The van der Waals surface area contributed by atoms with Crippen LogP contribution in [0, 0.1) is 0 Å². The average molecular weight is 368 g/mol. The zero-order chi connectivity index (χ0) is 14.6. The Morgan fingerprint density at radius 1 is 1.43 bits per heavy atom. The SMILES string of the molecule is CN1CCc2c(sc3c2C(=O)N[C@H](c2ccc(Br)o2)N3)C1. The molecule has 2 N–H and O–H groups in total. The summed E-state index contributed by atoms with van der Waals surface area (Å²) < 4.78 is 6.20. The second-order valence-corrected chi connectivity index (χ2v) is 7.28. The molecular weight excluding hydrogens is 354 g/mol. The van der Waals surface area contributed by atoms with Gasteiger partial charge in [-0.2, -0.15) is 0 Å². The Labute approximate surface area is 134 Å². The lowest BCUT2D eigenvalue weighted by Gasteiger charge is -2.25. The van der Waals surface area contributed by atoms with E-state index in [1.54, 1.807) is 11.3 Å². The summed E-state index contributed by atoms with van der Waals surface area (Å²) in [4.78, 5) is 16.0. The molecule has 0 aliphatic carbocycles. The summed E-state index contributed by atoms with van der Waals surface area (Å²) in [5.74, 6) is 0.688. The van der Waals surface area contributed by atoms with Crippen molar-refractivity contribution in [2.75, 3.05) is 18.9 Å². The third kappa shape index (κ3) is 2.20. The molecule has 110 valence electrons. The molecule has 1 amide bonds. The van der Waals surface area contributed by atoms with Gasteiger partial charge >= 0.3 is 0 Å². The summed E-state index contributed by atoms with van der Waals surface area (Å²) >= 11 is 4.97. The third-order valence-electron chi connectivity index (χ3n) is 3.90. The van der Waals surface area contributed by atoms with Crippen molar-refractivity contribution in [3.05, 3.63) is 38.6 Å². The van der Waals surface area contributed by atoms with Crippen LogP contribution in [-0.4, -0.2) is 24.4 Å². The van der Waals surface area contributed by atoms with E-state index >= 15 is 0 Å². The van der Waals surface area contributed by atoms with Crippen LogP contribution in [0.15, 0.2) is 21.2 Å². The Morgan fingerprint density at radius 3 is 3.05 bits per heavy atom. The molecule has 0 aromatic carbocycles. The van der Waals surface area contributed by atoms with E-state index in [0.717, 1.165) is 30.1 Å². The Hall–Kier alpha value is -1.31. The molecule has 7 heteroatoms. The van der Waals surface area contributed by atoms with Gasteiger partial charge in [0.25, 0.3) is 5.91 Å². The standard InChI is InChI=1S/C14H14BrN3O2S/c1-18-5-4-7-9(6-18)21-14-11(7)13(19)16-12(17-14)8-2-3-10(15)20-8/h2-3,12,17H,4-6H2,1H3,(H,16,19)/t12-/m0/s1. The molecule has 0 saturated carbocycles. The van der Waals surface area contributed by atoms with Crippen LogP contribution in [0.25, 0.3) is 0 Å². The second kappa shape index (κ2) is 4.86. The van der Waals surface area contributed by atoms with Gasteiger partial charge in [0, 0.05) is 18.0 Å². The van der Waals surface area contributed by atoms with Crippen molar-refractivity contribution in [2.24, 2.45) is 0 Å². The van der Waals surface area contributed by atoms with Crippen molar-refractivity contribution >= 4 is 38.2 Å².